The second-order valence-electron chi connectivity index (χ2n) is 3.79. The van der Waals surface area contributed by atoms with Gasteiger partial charge in [-0.15, -0.1) is 0 Å². The summed E-state index contributed by atoms with van der Waals surface area (Å²) in [6.45, 7) is 6.72. The highest BCUT2D eigenvalue weighted by molar-refractivity contribution is 5.94. The van der Waals surface area contributed by atoms with Gasteiger partial charge in [-0.1, -0.05) is 13.8 Å². The van der Waals surface area contributed by atoms with E-state index in [0.717, 1.165) is 5.69 Å². The van der Waals surface area contributed by atoms with Crippen LogP contribution in [-0.4, -0.2) is 17.4 Å². The number of hydrogen-bond donors (Lipinski definition) is 1. The molecule has 0 aliphatic carbocycles. The average molecular weight is 192 g/mol. The number of carbonyl (C=O) groups is 1. The first kappa shape index (κ1) is 10.7. The summed E-state index contributed by atoms with van der Waals surface area (Å²) >= 11 is 0. The molecular weight excluding hydrogens is 176 g/mol. The van der Waals surface area contributed by atoms with Crippen molar-refractivity contribution in [1.29, 1.82) is 0 Å². The fourth-order valence-corrected chi connectivity index (χ4v) is 1.09. The molecule has 0 unspecified atom stereocenters. The molecule has 14 heavy (non-hydrogen) atoms. The zero-order valence-electron chi connectivity index (χ0n) is 8.87. The summed E-state index contributed by atoms with van der Waals surface area (Å²) in [5.41, 5.74) is 1.54. The first-order valence-corrected chi connectivity index (χ1v) is 4.80. The molecule has 1 amide bonds. The number of hydrogen-bond acceptors (Lipinski definition) is 2. The highest BCUT2D eigenvalue weighted by atomic mass is 16.1. The van der Waals surface area contributed by atoms with Gasteiger partial charge in [-0.05, 0) is 25.0 Å². The summed E-state index contributed by atoms with van der Waals surface area (Å²) in [6, 6.07) is 3.51. The standard InChI is InChI=1S/C11H16N2O/c1-8(2)7-13-11(14)10-4-5-12-9(3)6-10/h4-6,8H,7H2,1-3H3,(H,13,14). The van der Waals surface area contributed by atoms with Crippen molar-refractivity contribution in [2.24, 2.45) is 5.92 Å². The number of aromatic nitrogens is 1. The second kappa shape index (κ2) is 4.74. The summed E-state index contributed by atoms with van der Waals surface area (Å²) in [5.74, 6) is 0.450. The van der Waals surface area contributed by atoms with E-state index in [1.165, 1.54) is 0 Å². The molecule has 0 saturated heterocycles. The number of pyridine rings is 1. The van der Waals surface area contributed by atoms with Crippen molar-refractivity contribution in [1.82, 2.24) is 10.3 Å². The smallest absolute Gasteiger partial charge is 0.251 e. The second-order valence-corrected chi connectivity index (χ2v) is 3.79. The first-order chi connectivity index (χ1) is 6.59. The number of carbonyl (C=O) groups excluding carboxylic acids is 1. The van der Waals surface area contributed by atoms with E-state index in [0.29, 0.717) is 18.0 Å². The number of nitrogens with one attached hydrogen (secondary N) is 1. The Morgan fingerprint density at radius 3 is 2.86 bits per heavy atom. The van der Waals surface area contributed by atoms with Gasteiger partial charge in [0.1, 0.15) is 0 Å². The maximum absolute atomic E-state index is 11.6. The third-order valence-electron chi connectivity index (χ3n) is 1.83. The van der Waals surface area contributed by atoms with Crippen LogP contribution in [0.15, 0.2) is 18.3 Å². The van der Waals surface area contributed by atoms with Crippen LogP contribution in [0.1, 0.15) is 29.9 Å². The van der Waals surface area contributed by atoms with Gasteiger partial charge < -0.3 is 5.32 Å². The molecule has 1 aromatic heterocycles. The lowest BCUT2D eigenvalue weighted by atomic mass is 10.2. The van der Waals surface area contributed by atoms with Gasteiger partial charge in [0, 0.05) is 24.0 Å². The molecule has 1 rings (SSSR count). The molecule has 0 fully saturated rings. The predicted octanol–water partition coefficient (Wildman–Crippen LogP) is 1.78. The summed E-state index contributed by atoms with van der Waals surface area (Å²) in [7, 11) is 0. The van der Waals surface area contributed by atoms with Crippen LogP contribution in [0.3, 0.4) is 0 Å². The Morgan fingerprint density at radius 1 is 1.57 bits per heavy atom. The number of nitrogens with zero attached hydrogens (tertiary/aromatic N) is 1. The van der Waals surface area contributed by atoms with Crippen LogP contribution in [-0.2, 0) is 0 Å². The maximum Gasteiger partial charge on any atom is 0.251 e. The molecule has 0 aromatic carbocycles. The van der Waals surface area contributed by atoms with Crippen LogP contribution < -0.4 is 5.32 Å². The highest BCUT2D eigenvalue weighted by Gasteiger charge is 2.05. The Hall–Kier alpha value is -1.38. The van der Waals surface area contributed by atoms with Crippen molar-refractivity contribution in [3.05, 3.63) is 29.6 Å². The number of rotatable bonds is 3. The molecule has 0 radical (unpaired) electrons. The fraction of sp³-hybridized carbons (Fsp3) is 0.455. The van der Waals surface area contributed by atoms with E-state index in [4.69, 9.17) is 0 Å². The lowest BCUT2D eigenvalue weighted by Gasteiger charge is -2.07. The Bertz CT molecular complexity index is 321. The first-order valence-electron chi connectivity index (χ1n) is 4.80. The molecule has 0 aliphatic heterocycles. The quantitative estimate of drug-likeness (QED) is 0.793. The summed E-state index contributed by atoms with van der Waals surface area (Å²) in [6.07, 6.45) is 1.65. The Morgan fingerprint density at radius 2 is 2.29 bits per heavy atom. The van der Waals surface area contributed by atoms with E-state index in [2.05, 4.69) is 24.1 Å². The zero-order chi connectivity index (χ0) is 10.6. The lowest BCUT2D eigenvalue weighted by Crippen LogP contribution is -2.27. The van der Waals surface area contributed by atoms with Crippen molar-refractivity contribution in [2.45, 2.75) is 20.8 Å². The molecule has 0 atom stereocenters. The van der Waals surface area contributed by atoms with Gasteiger partial charge in [-0.3, -0.25) is 9.78 Å². The van der Waals surface area contributed by atoms with Gasteiger partial charge in [-0.25, -0.2) is 0 Å². The van der Waals surface area contributed by atoms with E-state index in [1.807, 2.05) is 6.92 Å². The van der Waals surface area contributed by atoms with Crippen molar-refractivity contribution >= 4 is 5.91 Å². The predicted molar refractivity (Wildman–Crippen MR) is 56.1 cm³/mol. The average Bonchev–Trinajstić information content (AvgIpc) is 2.14. The molecule has 76 valence electrons. The van der Waals surface area contributed by atoms with Gasteiger partial charge in [0.15, 0.2) is 0 Å². The van der Waals surface area contributed by atoms with Gasteiger partial charge in [0.2, 0.25) is 0 Å². The van der Waals surface area contributed by atoms with Crippen molar-refractivity contribution < 1.29 is 4.79 Å². The minimum Gasteiger partial charge on any atom is -0.352 e. The minimum absolute atomic E-state index is 0.0239. The topological polar surface area (TPSA) is 42.0 Å². The van der Waals surface area contributed by atoms with Crippen molar-refractivity contribution in [3.63, 3.8) is 0 Å². The zero-order valence-corrected chi connectivity index (χ0v) is 8.87. The van der Waals surface area contributed by atoms with Crippen LogP contribution in [0.25, 0.3) is 0 Å². The van der Waals surface area contributed by atoms with E-state index in [1.54, 1.807) is 18.3 Å². The molecule has 0 saturated carbocycles. The lowest BCUT2D eigenvalue weighted by molar-refractivity contribution is 0.0949. The normalized spacial score (nSPS) is 10.3. The van der Waals surface area contributed by atoms with Crippen molar-refractivity contribution in [2.75, 3.05) is 6.54 Å². The fourth-order valence-electron chi connectivity index (χ4n) is 1.09. The molecular formula is C11H16N2O. The van der Waals surface area contributed by atoms with Crippen LogP contribution >= 0.6 is 0 Å². The molecule has 0 aliphatic rings. The molecule has 3 nitrogen and oxygen atoms in total. The van der Waals surface area contributed by atoms with Gasteiger partial charge in [-0.2, -0.15) is 0 Å². The monoisotopic (exact) mass is 192 g/mol. The molecule has 0 spiro atoms. The molecule has 1 aromatic rings. The van der Waals surface area contributed by atoms with Crippen LogP contribution in [0.4, 0.5) is 0 Å². The van der Waals surface area contributed by atoms with Crippen LogP contribution in [0, 0.1) is 12.8 Å². The highest BCUT2D eigenvalue weighted by Crippen LogP contribution is 2.00. The maximum atomic E-state index is 11.6. The Kier molecular flexibility index (Phi) is 3.63. The van der Waals surface area contributed by atoms with Crippen LogP contribution in [0.5, 0.6) is 0 Å². The van der Waals surface area contributed by atoms with E-state index in [9.17, 15) is 4.79 Å². The third-order valence-corrected chi connectivity index (χ3v) is 1.83. The molecule has 1 heterocycles. The Labute approximate surface area is 84.6 Å². The molecule has 0 bridgehead atoms. The van der Waals surface area contributed by atoms with Crippen LogP contribution in [0.2, 0.25) is 0 Å². The Balaban J connectivity index is 2.61. The molecule has 3 heteroatoms. The van der Waals surface area contributed by atoms with Gasteiger partial charge >= 0.3 is 0 Å². The van der Waals surface area contributed by atoms with E-state index >= 15 is 0 Å². The third kappa shape index (κ3) is 3.17. The number of amides is 1. The van der Waals surface area contributed by atoms with Gasteiger partial charge in [0.05, 0.1) is 0 Å². The summed E-state index contributed by atoms with van der Waals surface area (Å²) in [4.78, 5) is 15.6. The van der Waals surface area contributed by atoms with E-state index < -0.39 is 0 Å². The minimum atomic E-state index is -0.0239. The summed E-state index contributed by atoms with van der Waals surface area (Å²) < 4.78 is 0. The summed E-state index contributed by atoms with van der Waals surface area (Å²) in [5, 5.41) is 2.86. The SMILES string of the molecule is Cc1cc(C(=O)NCC(C)C)ccn1. The van der Waals surface area contributed by atoms with E-state index in [-0.39, 0.29) is 5.91 Å². The molecule has 1 N–H and O–H groups in total. The van der Waals surface area contributed by atoms with Gasteiger partial charge in [0.25, 0.3) is 5.91 Å². The number of aryl methyl sites for hydroxylation is 1. The van der Waals surface area contributed by atoms with Crippen molar-refractivity contribution in [3.8, 4) is 0 Å². The largest absolute Gasteiger partial charge is 0.352 e.